The van der Waals surface area contributed by atoms with Crippen molar-refractivity contribution in [2.24, 2.45) is 28.1 Å². The van der Waals surface area contributed by atoms with Crippen LogP contribution in [0.15, 0.2) is 35.5 Å². The van der Waals surface area contributed by atoms with Gasteiger partial charge >= 0.3 is 11.9 Å². The summed E-state index contributed by atoms with van der Waals surface area (Å²) in [6.07, 6.45) is 1.60. The van der Waals surface area contributed by atoms with E-state index < -0.39 is 60.2 Å². The highest BCUT2D eigenvalue weighted by Gasteiger charge is 2.31. The number of carboxylic acid groups (broad SMARTS) is 2. The molecule has 0 bridgehead atoms. The van der Waals surface area contributed by atoms with E-state index in [4.69, 9.17) is 22.3 Å². The molecular weight excluding hydrogens is 560 g/mol. The van der Waals surface area contributed by atoms with Gasteiger partial charge in [0.05, 0.1) is 6.04 Å². The van der Waals surface area contributed by atoms with Crippen molar-refractivity contribution in [2.75, 3.05) is 6.54 Å². The van der Waals surface area contributed by atoms with Gasteiger partial charge in [-0.25, -0.2) is 4.79 Å². The fourth-order valence-electron chi connectivity index (χ4n) is 4.47. The Bertz CT molecular complexity index is 1310. The Morgan fingerprint density at radius 2 is 1.53 bits per heavy atom. The summed E-state index contributed by atoms with van der Waals surface area (Å²) < 4.78 is 0. The fraction of sp³-hybridized carbons (Fsp3) is 0.500. The van der Waals surface area contributed by atoms with Crippen molar-refractivity contribution in [1.29, 1.82) is 0 Å². The lowest BCUT2D eigenvalue weighted by Gasteiger charge is -2.25. The lowest BCUT2D eigenvalue weighted by molar-refractivity contribution is -0.143. The molecule has 0 aliphatic rings. The molecule has 15 heteroatoms. The number of amides is 3. The van der Waals surface area contributed by atoms with Gasteiger partial charge in [-0.3, -0.25) is 24.2 Å². The van der Waals surface area contributed by atoms with Crippen molar-refractivity contribution in [2.45, 2.75) is 76.5 Å². The van der Waals surface area contributed by atoms with Gasteiger partial charge in [0.2, 0.25) is 17.7 Å². The average Bonchev–Trinajstić information content (AvgIpc) is 3.33. The van der Waals surface area contributed by atoms with Crippen molar-refractivity contribution in [3.05, 3.63) is 36.0 Å². The summed E-state index contributed by atoms with van der Waals surface area (Å²) in [6.45, 7) is 3.99. The summed E-state index contributed by atoms with van der Waals surface area (Å²) in [5, 5.41) is 27.0. The number of hydrogen-bond acceptors (Lipinski definition) is 7. The van der Waals surface area contributed by atoms with E-state index in [9.17, 15) is 29.1 Å². The van der Waals surface area contributed by atoms with Crippen LogP contribution in [0.4, 0.5) is 0 Å². The van der Waals surface area contributed by atoms with Crippen LogP contribution in [0.3, 0.4) is 0 Å². The quantitative estimate of drug-likeness (QED) is 0.0602. The number of fused-ring (bicyclic) bond motifs is 1. The number of aliphatic imine (C=N–C) groups is 1. The average molecular weight is 603 g/mol. The molecule has 0 saturated heterocycles. The molecule has 0 spiro atoms. The molecule has 0 radical (unpaired) electrons. The SMILES string of the molecule is CC(C)CC(N)C(=O)NC(CCCN=C(N)N)C(=O)NC(Cc1c[nH]c2ccccc12)C(=O)NC(CCC(=O)O)C(=O)O. The first-order valence-corrected chi connectivity index (χ1v) is 14.0. The predicted molar refractivity (Wildman–Crippen MR) is 160 cm³/mol. The van der Waals surface area contributed by atoms with Crippen LogP contribution in [0.2, 0.25) is 0 Å². The van der Waals surface area contributed by atoms with Gasteiger partial charge < -0.3 is 48.3 Å². The first-order valence-electron chi connectivity index (χ1n) is 14.0. The smallest absolute Gasteiger partial charge is 0.326 e. The maximum atomic E-state index is 13.6. The van der Waals surface area contributed by atoms with Crippen molar-refractivity contribution >= 4 is 46.5 Å². The topological polar surface area (TPSA) is 268 Å². The largest absolute Gasteiger partial charge is 0.481 e. The van der Waals surface area contributed by atoms with Gasteiger partial charge in [-0.15, -0.1) is 0 Å². The minimum Gasteiger partial charge on any atom is -0.481 e. The van der Waals surface area contributed by atoms with Crippen LogP contribution >= 0.6 is 0 Å². The van der Waals surface area contributed by atoms with E-state index in [1.54, 1.807) is 6.20 Å². The molecule has 12 N–H and O–H groups in total. The molecular formula is C28H42N8O7. The molecule has 4 atom stereocenters. The Hall–Kier alpha value is -4.66. The van der Waals surface area contributed by atoms with Crippen LogP contribution in [-0.4, -0.2) is 81.5 Å². The number of guanidine groups is 1. The summed E-state index contributed by atoms with van der Waals surface area (Å²) >= 11 is 0. The molecule has 1 aromatic heterocycles. The number of rotatable bonds is 18. The van der Waals surface area contributed by atoms with Crippen LogP contribution in [0.1, 0.15) is 51.5 Å². The number of nitrogens with two attached hydrogens (primary N) is 3. The molecule has 2 aromatic rings. The third-order valence-electron chi connectivity index (χ3n) is 6.63. The minimum atomic E-state index is -1.50. The Balaban J connectivity index is 2.33. The summed E-state index contributed by atoms with van der Waals surface area (Å²) in [4.78, 5) is 69.6. The predicted octanol–water partition coefficient (Wildman–Crippen LogP) is -0.459. The van der Waals surface area contributed by atoms with Crippen LogP contribution in [-0.2, 0) is 30.4 Å². The molecule has 0 aliphatic heterocycles. The van der Waals surface area contributed by atoms with Crippen molar-refractivity contribution in [3.8, 4) is 0 Å². The van der Waals surface area contributed by atoms with Gasteiger partial charge in [0.15, 0.2) is 5.96 Å². The monoisotopic (exact) mass is 602 g/mol. The van der Waals surface area contributed by atoms with Gasteiger partial charge in [0.25, 0.3) is 0 Å². The molecule has 0 fully saturated rings. The van der Waals surface area contributed by atoms with E-state index in [2.05, 4.69) is 25.9 Å². The van der Waals surface area contributed by atoms with Crippen molar-refractivity contribution < 1.29 is 34.2 Å². The lowest BCUT2D eigenvalue weighted by atomic mass is 10.0. The van der Waals surface area contributed by atoms with E-state index >= 15 is 0 Å². The number of aromatic nitrogens is 1. The number of carbonyl (C=O) groups is 5. The minimum absolute atomic E-state index is 0.0333. The summed E-state index contributed by atoms with van der Waals surface area (Å²) in [5.41, 5.74) is 18.2. The Morgan fingerprint density at radius 1 is 0.907 bits per heavy atom. The summed E-state index contributed by atoms with van der Waals surface area (Å²) in [6, 6.07) is 2.53. The summed E-state index contributed by atoms with van der Waals surface area (Å²) in [7, 11) is 0. The molecule has 1 aromatic carbocycles. The number of carbonyl (C=O) groups excluding carboxylic acids is 3. The van der Waals surface area contributed by atoms with Gasteiger partial charge in [-0.1, -0.05) is 32.0 Å². The Morgan fingerprint density at radius 3 is 2.16 bits per heavy atom. The van der Waals surface area contributed by atoms with Crippen LogP contribution < -0.4 is 33.2 Å². The van der Waals surface area contributed by atoms with Crippen molar-refractivity contribution in [1.82, 2.24) is 20.9 Å². The number of aromatic amines is 1. The van der Waals surface area contributed by atoms with Gasteiger partial charge in [-0.2, -0.15) is 0 Å². The number of hydrogen-bond donors (Lipinski definition) is 9. The highest BCUT2D eigenvalue weighted by atomic mass is 16.4. The van der Waals surface area contributed by atoms with Crippen LogP contribution in [0.5, 0.6) is 0 Å². The highest BCUT2D eigenvalue weighted by Crippen LogP contribution is 2.19. The second-order valence-corrected chi connectivity index (χ2v) is 10.7. The number of aliphatic carboxylic acids is 2. The van der Waals surface area contributed by atoms with E-state index in [0.29, 0.717) is 18.4 Å². The van der Waals surface area contributed by atoms with E-state index in [0.717, 1.165) is 10.9 Å². The van der Waals surface area contributed by atoms with Gasteiger partial charge in [-0.05, 0) is 43.2 Å². The molecule has 43 heavy (non-hydrogen) atoms. The number of benzene rings is 1. The first-order chi connectivity index (χ1) is 20.3. The lowest BCUT2D eigenvalue weighted by Crippen LogP contribution is -2.57. The van der Waals surface area contributed by atoms with Gasteiger partial charge in [0, 0.05) is 36.5 Å². The molecule has 0 aliphatic carbocycles. The number of nitrogens with one attached hydrogen (secondary N) is 4. The molecule has 2 rings (SSSR count). The fourth-order valence-corrected chi connectivity index (χ4v) is 4.47. The molecule has 236 valence electrons. The molecule has 15 nitrogen and oxygen atoms in total. The van der Waals surface area contributed by atoms with E-state index in [1.807, 2.05) is 38.1 Å². The maximum absolute atomic E-state index is 13.6. The molecule has 0 saturated carbocycles. The van der Waals surface area contributed by atoms with E-state index in [1.165, 1.54) is 0 Å². The maximum Gasteiger partial charge on any atom is 0.326 e. The second-order valence-electron chi connectivity index (χ2n) is 10.7. The summed E-state index contributed by atoms with van der Waals surface area (Å²) in [5.74, 6) is -4.73. The zero-order valence-corrected chi connectivity index (χ0v) is 24.3. The Kier molecular flexibility index (Phi) is 13.4. The second kappa shape index (κ2) is 16.7. The van der Waals surface area contributed by atoms with Crippen molar-refractivity contribution in [3.63, 3.8) is 0 Å². The highest BCUT2D eigenvalue weighted by molar-refractivity contribution is 5.95. The number of H-pyrrole nitrogens is 1. The number of para-hydroxylation sites is 1. The van der Waals surface area contributed by atoms with Gasteiger partial charge in [0.1, 0.15) is 18.1 Å². The number of nitrogens with zero attached hydrogens (tertiary/aromatic N) is 1. The standard InChI is InChI=1S/C28H42N8O7/c1-15(2)12-18(29)24(39)34-20(8-5-11-32-28(30)31)25(40)36-22(13-16-14-33-19-7-4-3-6-17(16)19)26(41)35-21(27(42)43)9-10-23(37)38/h3-4,6-7,14-15,18,20-22,33H,5,8-13,29H2,1-2H3,(H,34,39)(H,35,41)(H,36,40)(H,37,38)(H,42,43)(H4,30,31,32). The van der Waals surface area contributed by atoms with Crippen LogP contribution in [0, 0.1) is 5.92 Å². The first kappa shape index (κ1) is 34.5. The molecule has 3 amide bonds. The Labute approximate surface area is 249 Å². The third-order valence-corrected chi connectivity index (χ3v) is 6.63. The zero-order chi connectivity index (χ0) is 32.1. The molecule has 4 unspecified atom stereocenters. The van der Waals surface area contributed by atoms with E-state index in [-0.39, 0.29) is 37.7 Å². The zero-order valence-electron chi connectivity index (χ0n) is 24.3. The normalized spacial score (nSPS) is 13.9. The third kappa shape index (κ3) is 11.6. The van der Waals surface area contributed by atoms with Crippen LogP contribution in [0.25, 0.3) is 10.9 Å². The number of carboxylic acids is 2. The molecule has 1 heterocycles.